The first-order valence-electron chi connectivity index (χ1n) is 8.94. The van der Waals surface area contributed by atoms with E-state index in [1.807, 2.05) is 11.3 Å². The second kappa shape index (κ2) is 8.95. The molecule has 0 amide bonds. The quantitative estimate of drug-likeness (QED) is 0.667. The average molecular weight is 308 g/mol. The highest BCUT2D eigenvalue weighted by Gasteiger charge is 2.29. The molecule has 2 rings (SSSR count). The van der Waals surface area contributed by atoms with E-state index in [-0.39, 0.29) is 0 Å². The Morgan fingerprint density at radius 2 is 2.00 bits per heavy atom. The zero-order valence-corrected chi connectivity index (χ0v) is 14.9. The predicted molar refractivity (Wildman–Crippen MR) is 95.0 cm³/mol. The molecule has 0 aliphatic heterocycles. The van der Waals surface area contributed by atoms with E-state index in [0.29, 0.717) is 0 Å². The van der Waals surface area contributed by atoms with E-state index in [9.17, 15) is 0 Å². The van der Waals surface area contributed by atoms with Gasteiger partial charge >= 0.3 is 0 Å². The summed E-state index contributed by atoms with van der Waals surface area (Å²) in [6.45, 7) is 8.36. The van der Waals surface area contributed by atoms with E-state index in [0.717, 1.165) is 23.8 Å². The third-order valence-electron chi connectivity index (χ3n) is 4.96. The molecule has 1 N–H and O–H groups in total. The van der Waals surface area contributed by atoms with Gasteiger partial charge in [0.15, 0.2) is 0 Å². The van der Waals surface area contributed by atoms with Crippen LogP contribution in [0.5, 0.6) is 0 Å². The summed E-state index contributed by atoms with van der Waals surface area (Å²) in [4.78, 5) is 1.55. The predicted octanol–water partition coefficient (Wildman–Crippen LogP) is 5.51. The van der Waals surface area contributed by atoms with E-state index in [1.54, 1.807) is 4.88 Å². The van der Waals surface area contributed by atoms with Crippen LogP contribution in [0.25, 0.3) is 0 Å². The van der Waals surface area contributed by atoms with Crippen LogP contribution in [0.3, 0.4) is 0 Å². The molecule has 1 heterocycles. The van der Waals surface area contributed by atoms with Crippen LogP contribution in [0.2, 0.25) is 0 Å². The Bertz CT molecular complexity index is 363. The maximum absolute atomic E-state index is 3.86. The van der Waals surface area contributed by atoms with Crippen molar-refractivity contribution < 1.29 is 0 Å². The zero-order chi connectivity index (χ0) is 15.1. The maximum atomic E-state index is 3.86. The van der Waals surface area contributed by atoms with Gasteiger partial charge in [-0.05, 0) is 80.7 Å². The van der Waals surface area contributed by atoms with Crippen molar-refractivity contribution in [1.29, 1.82) is 0 Å². The fraction of sp³-hybridized carbons (Fsp3) is 0.789. The second-order valence-electron chi connectivity index (χ2n) is 7.21. The van der Waals surface area contributed by atoms with Gasteiger partial charge in [0.25, 0.3) is 0 Å². The van der Waals surface area contributed by atoms with Crippen LogP contribution in [0.1, 0.15) is 64.2 Å². The monoisotopic (exact) mass is 307 g/mol. The minimum absolute atomic E-state index is 0.745. The maximum Gasteiger partial charge on any atom is 0.00956 e. The van der Waals surface area contributed by atoms with Crippen molar-refractivity contribution in [2.24, 2.45) is 17.8 Å². The molecule has 0 saturated heterocycles. The molecule has 1 aliphatic rings. The van der Waals surface area contributed by atoms with Crippen LogP contribution in [-0.2, 0) is 6.42 Å². The largest absolute Gasteiger partial charge is 0.314 e. The van der Waals surface area contributed by atoms with Crippen LogP contribution < -0.4 is 5.32 Å². The molecule has 1 aliphatic carbocycles. The lowest BCUT2D eigenvalue weighted by Crippen LogP contribution is -2.40. The fourth-order valence-electron chi connectivity index (χ4n) is 4.12. The fourth-order valence-corrected chi connectivity index (χ4v) is 4.87. The van der Waals surface area contributed by atoms with Crippen LogP contribution in [0.15, 0.2) is 17.5 Å². The Morgan fingerprint density at radius 3 is 2.62 bits per heavy atom. The number of rotatable bonds is 8. The van der Waals surface area contributed by atoms with Gasteiger partial charge in [0.05, 0.1) is 0 Å². The van der Waals surface area contributed by atoms with Crippen molar-refractivity contribution in [2.75, 3.05) is 6.54 Å². The molecule has 120 valence electrons. The summed E-state index contributed by atoms with van der Waals surface area (Å²) >= 11 is 1.91. The normalized spacial score (nSPS) is 27.7. The molecule has 0 spiro atoms. The topological polar surface area (TPSA) is 12.0 Å². The summed E-state index contributed by atoms with van der Waals surface area (Å²) in [7, 11) is 0. The lowest BCUT2D eigenvalue weighted by Gasteiger charge is -2.37. The number of hydrogen-bond donors (Lipinski definition) is 1. The molecule has 1 nitrogen and oxygen atoms in total. The minimum Gasteiger partial charge on any atom is -0.314 e. The summed E-state index contributed by atoms with van der Waals surface area (Å²) in [6, 6.07) is 5.21. The number of thiophene rings is 1. The Morgan fingerprint density at radius 1 is 1.24 bits per heavy atom. The summed E-state index contributed by atoms with van der Waals surface area (Å²) in [6.07, 6.45) is 9.50. The van der Waals surface area contributed by atoms with Crippen LogP contribution >= 0.6 is 11.3 Å². The van der Waals surface area contributed by atoms with Crippen molar-refractivity contribution in [1.82, 2.24) is 5.32 Å². The van der Waals surface area contributed by atoms with E-state index in [4.69, 9.17) is 0 Å². The van der Waals surface area contributed by atoms with Gasteiger partial charge in [-0.2, -0.15) is 0 Å². The first-order chi connectivity index (χ1) is 10.2. The lowest BCUT2D eigenvalue weighted by atomic mass is 9.73. The number of aryl methyl sites for hydroxylation is 1. The van der Waals surface area contributed by atoms with Crippen molar-refractivity contribution in [2.45, 2.75) is 71.8 Å². The summed E-state index contributed by atoms with van der Waals surface area (Å²) < 4.78 is 0. The van der Waals surface area contributed by atoms with Gasteiger partial charge in [-0.15, -0.1) is 11.3 Å². The highest BCUT2D eigenvalue weighted by molar-refractivity contribution is 7.09. The third-order valence-corrected chi connectivity index (χ3v) is 5.90. The summed E-state index contributed by atoms with van der Waals surface area (Å²) in [5.41, 5.74) is 0. The van der Waals surface area contributed by atoms with Gasteiger partial charge in [-0.25, -0.2) is 0 Å². The van der Waals surface area contributed by atoms with Crippen LogP contribution in [0, 0.1) is 17.8 Å². The third kappa shape index (κ3) is 5.75. The Hall–Kier alpha value is -0.340. The molecular weight excluding hydrogens is 274 g/mol. The summed E-state index contributed by atoms with van der Waals surface area (Å²) in [5, 5.41) is 6.06. The Balaban J connectivity index is 1.84. The minimum atomic E-state index is 0.745. The lowest BCUT2D eigenvalue weighted by molar-refractivity contribution is 0.170. The highest BCUT2D eigenvalue weighted by atomic mass is 32.1. The molecule has 0 aromatic carbocycles. The molecule has 1 fully saturated rings. The van der Waals surface area contributed by atoms with Crippen molar-refractivity contribution in [3.05, 3.63) is 22.4 Å². The molecule has 0 radical (unpaired) electrons. The highest BCUT2D eigenvalue weighted by Crippen LogP contribution is 2.36. The van der Waals surface area contributed by atoms with Crippen LogP contribution in [-0.4, -0.2) is 12.6 Å². The van der Waals surface area contributed by atoms with Crippen LogP contribution in [0.4, 0.5) is 0 Å². The van der Waals surface area contributed by atoms with E-state index < -0.39 is 0 Å². The van der Waals surface area contributed by atoms with Crippen molar-refractivity contribution in [3.8, 4) is 0 Å². The van der Waals surface area contributed by atoms with E-state index in [2.05, 4.69) is 43.6 Å². The number of nitrogens with one attached hydrogen (secondary N) is 1. The average Bonchev–Trinajstić information content (AvgIpc) is 2.94. The molecule has 1 saturated carbocycles. The molecule has 1 aromatic heterocycles. The van der Waals surface area contributed by atoms with Gasteiger partial charge in [-0.1, -0.05) is 26.8 Å². The van der Waals surface area contributed by atoms with Gasteiger partial charge in [0.2, 0.25) is 0 Å². The second-order valence-corrected chi connectivity index (χ2v) is 8.24. The number of hydrogen-bond acceptors (Lipinski definition) is 2. The Labute approximate surface area is 135 Å². The van der Waals surface area contributed by atoms with Gasteiger partial charge in [0.1, 0.15) is 0 Å². The first kappa shape index (κ1) is 17.0. The van der Waals surface area contributed by atoms with Crippen molar-refractivity contribution in [3.63, 3.8) is 0 Å². The molecule has 1 aromatic rings. The molecule has 3 atom stereocenters. The Kier molecular flexibility index (Phi) is 7.25. The molecular formula is C19H33NS. The van der Waals surface area contributed by atoms with Gasteiger partial charge < -0.3 is 5.32 Å². The first-order valence-corrected chi connectivity index (χ1v) is 9.82. The summed E-state index contributed by atoms with van der Waals surface area (Å²) in [5.74, 6) is 2.74. The van der Waals surface area contributed by atoms with E-state index in [1.165, 1.54) is 51.5 Å². The van der Waals surface area contributed by atoms with Gasteiger partial charge in [-0.3, -0.25) is 0 Å². The molecule has 3 unspecified atom stereocenters. The standard InChI is InChI=1S/C19H33NS/c1-4-10-20-19(9-5-7-18-8-6-11-21-18)17-13-15(2)12-16(3)14-17/h6,8,11,15-17,19-20H,4-5,7,9-10,12-14H2,1-3H3. The van der Waals surface area contributed by atoms with Gasteiger partial charge in [0, 0.05) is 10.9 Å². The molecule has 0 bridgehead atoms. The van der Waals surface area contributed by atoms with E-state index >= 15 is 0 Å². The zero-order valence-electron chi connectivity index (χ0n) is 14.1. The smallest absolute Gasteiger partial charge is 0.00956 e. The molecule has 21 heavy (non-hydrogen) atoms. The SMILES string of the molecule is CCCNC(CCCc1cccs1)C1CC(C)CC(C)C1. The van der Waals surface area contributed by atoms with Crippen molar-refractivity contribution >= 4 is 11.3 Å². The molecule has 2 heteroatoms.